The Labute approximate surface area is 198 Å². The first-order valence-corrected chi connectivity index (χ1v) is 12.2. The van der Waals surface area contributed by atoms with Crippen molar-refractivity contribution in [3.8, 4) is 0 Å². The highest BCUT2D eigenvalue weighted by molar-refractivity contribution is 5.94. The lowest BCUT2D eigenvalue weighted by molar-refractivity contribution is 0.0766. The number of hydrogen-bond donors (Lipinski definition) is 0. The lowest BCUT2D eigenvalue weighted by Crippen LogP contribution is -2.50. The van der Waals surface area contributed by atoms with Gasteiger partial charge in [-0.1, -0.05) is 66.7 Å². The van der Waals surface area contributed by atoms with Crippen LogP contribution in [0.25, 0.3) is 0 Å². The van der Waals surface area contributed by atoms with Crippen LogP contribution in [0.2, 0.25) is 0 Å². The highest BCUT2D eigenvalue weighted by Gasteiger charge is 2.26. The van der Waals surface area contributed by atoms with Gasteiger partial charge in [0.2, 0.25) is 0 Å². The smallest absolute Gasteiger partial charge is 0.253 e. The van der Waals surface area contributed by atoms with E-state index in [1.54, 1.807) is 0 Å². The van der Waals surface area contributed by atoms with Crippen LogP contribution in [0, 0.1) is 0 Å². The Morgan fingerprint density at radius 3 is 2.18 bits per heavy atom. The zero-order chi connectivity index (χ0) is 22.9. The molecule has 3 aromatic rings. The first-order valence-electron chi connectivity index (χ1n) is 12.2. The molecule has 1 heterocycles. The minimum absolute atomic E-state index is 0.112. The maximum atomic E-state index is 13.1. The van der Waals surface area contributed by atoms with Gasteiger partial charge in [-0.05, 0) is 56.1 Å². The average Bonchev–Trinajstić information content (AvgIpc) is 2.88. The Morgan fingerprint density at radius 2 is 1.52 bits per heavy atom. The van der Waals surface area contributed by atoms with Gasteiger partial charge in [0.15, 0.2) is 0 Å². The Kier molecular flexibility index (Phi) is 8.15. The quantitative estimate of drug-likeness (QED) is 0.450. The summed E-state index contributed by atoms with van der Waals surface area (Å²) >= 11 is 0. The molecule has 0 saturated carbocycles. The minimum Gasteiger partial charge on any atom is -0.365 e. The first kappa shape index (κ1) is 23.1. The van der Waals surface area contributed by atoms with Crippen molar-refractivity contribution in [3.63, 3.8) is 0 Å². The van der Waals surface area contributed by atoms with Gasteiger partial charge in [-0.2, -0.15) is 0 Å². The Bertz CT molecular complexity index is 978. The summed E-state index contributed by atoms with van der Waals surface area (Å²) in [7, 11) is 0. The lowest BCUT2D eigenvalue weighted by atomic mass is 10.0. The number of carbonyl (C=O) groups excluding carboxylic acids is 1. The van der Waals surface area contributed by atoms with Crippen molar-refractivity contribution in [2.45, 2.75) is 32.4 Å². The van der Waals surface area contributed by atoms with E-state index in [0.717, 1.165) is 31.7 Å². The Balaban J connectivity index is 1.46. The predicted molar refractivity (Wildman–Crippen MR) is 137 cm³/mol. The van der Waals surface area contributed by atoms with E-state index in [1.165, 1.54) is 24.1 Å². The number of anilines is 1. The van der Waals surface area contributed by atoms with Crippen molar-refractivity contribution in [1.29, 1.82) is 0 Å². The van der Waals surface area contributed by atoms with Crippen LogP contribution in [0.4, 0.5) is 5.69 Å². The molecule has 1 atom stereocenters. The predicted octanol–water partition coefficient (Wildman–Crippen LogP) is 5.32. The third-order valence-corrected chi connectivity index (χ3v) is 6.56. The molecule has 0 aromatic heterocycles. The fourth-order valence-electron chi connectivity index (χ4n) is 4.81. The maximum Gasteiger partial charge on any atom is 0.253 e. The molecule has 1 aliphatic heterocycles. The number of amides is 1. The summed E-state index contributed by atoms with van der Waals surface area (Å²) in [5, 5.41) is 0. The van der Waals surface area contributed by atoms with Gasteiger partial charge in [0.05, 0.1) is 0 Å². The van der Waals surface area contributed by atoms with Gasteiger partial charge < -0.3 is 9.80 Å². The molecule has 1 saturated heterocycles. The molecule has 0 radical (unpaired) electrons. The van der Waals surface area contributed by atoms with Crippen LogP contribution >= 0.6 is 0 Å². The number of rotatable bonds is 9. The van der Waals surface area contributed by atoms with Gasteiger partial charge in [-0.3, -0.25) is 9.69 Å². The molecule has 0 spiro atoms. The van der Waals surface area contributed by atoms with E-state index in [4.69, 9.17) is 0 Å². The Morgan fingerprint density at radius 1 is 0.879 bits per heavy atom. The number of carbonyl (C=O) groups is 1. The summed E-state index contributed by atoms with van der Waals surface area (Å²) in [5.41, 5.74) is 3.37. The molecular formula is C29H35N3O. The summed E-state index contributed by atoms with van der Waals surface area (Å²) in [6, 6.07) is 31.5. The van der Waals surface area contributed by atoms with Gasteiger partial charge in [-0.15, -0.1) is 0 Å². The normalized spacial score (nSPS) is 16.3. The summed E-state index contributed by atoms with van der Waals surface area (Å²) in [4.78, 5) is 20.1. The topological polar surface area (TPSA) is 26.8 Å². The lowest BCUT2D eigenvalue weighted by Gasteiger charge is -2.41. The second-order valence-electron chi connectivity index (χ2n) is 8.80. The molecule has 3 aromatic carbocycles. The molecule has 4 rings (SSSR count). The molecule has 1 fully saturated rings. The number of likely N-dealkylation sites (tertiary alicyclic amines) is 1. The minimum atomic E-state index is 0.112. The van der Waals surface area contributed by atoms with Gasteiger partial charge in [-0.25, -0.2) is 0 Å². The van der Waals surface area contributed by atoms with Crippen LogP contribution in [0.1, 0.15) is 35.7 Å². The fraction of sp³-hybridized carbons (Fsp3) is 0.345. The van der Waals surface area contributed by atoms with Crippen LogP contribution < -0.4 is 4.90 Å². The van der Waals surface area contributed by atoms with Gasteiger partial charge in [0.1, 0.15) is 0 Å². The van der Waals surface area contributed by atoms with E-state index in [-0.39, 0.29) is 5.91 Å². The van der Waals surface area contributed by atoms with Crippen LogP contribution in [-0.2, 0) is 6.54 Å². The molecule has 1 unspecified atom stereocenters. The van der Waals surface area contributed by atoms with Crippen molar-refractivity contribution in [2.75, 3.05) is 37.6 Å². The van der Waals surface area contributed by atoms with E-state index in [1.807, 2.05) is 35.2 Å². The van der Waals surface area contributed by atoms with Crippen molar-refractivity contribution >= 4 is 11.6 Å². The van der Waals surface area contributed by atoms with Crippen LogP contribution in [0.3, 0.4) is 0 Å². The average molecular weight is 442 g/mol. The first-order chi connectivity index (χ1) is 16.2. The monoisotopic (exact) mass is 441 g/mol. The van der Waals surface area contributed by atoms with E-state index in [9.17, 15) is 4.79 Å². The van der Waals surface area contributed by atoms with Crippen molar-refractivity contribution in [2.24, 2.45) is 0 Å². The molecular weight excluding hydrogens is 406 g/mol. The van der Waals surface area contributed by atoms with Crippen molar-refractivity contribution < 1.29 is 4.79 Å². The molecule has 1 aliphatic rings. The number of benzene rings is 3. The molecule has 0 aliphatic carbocycles. The van der Waals surface area contributed by atoms with Gasteiger partial charge >= 0.3 is 0 Å². The fourth-order valence-corrected chi connectivity index (χ4v) is 4.81. The van der Waals surface area contributed by atoms with Gasteiger partial charge in [0, 0.05) is 50.0 Å². The number of piperidine rings is 1. The zero-order valence-corrected chi connectivity index (χ0v) is 19.6. The highest BCUT2D eigenvalue weighted by Crippen LogP contribution is 2.24. The van der Waals surface area contributed by atoms with Gasteiger partial charge in [0.25, 0.3) is 5.91 Å². The summed E-state index contributed by atoms with van der Waals surface area (Å²) in [5.74, 6) is 0.112. The maximum absolute atomic E-state index is 13.1. The van der Waals surface area contributed by atoms with Crippen LogP contribution in [0.15, 0.2) is 91.0 Å². The van der Waals surface area contributed by atoms with Crippen LogP contribution in [-0.4, -0.2) is 54.5 Å². The molecule has 4 nitrogen and oxygen atoms in total. The number of para-hydroxylation sites is 1. The standard InChI is InChI=1S/C29H35N3O/c1-2-31(29(33)26-15-8-4-9-16-26)21-22-32(27-17-10-5-11-18-27)28-19-12-20-30(24-28)23-25-13-6-3-7-14-25/h3-11,13-18,28H,2,12,19-24H2,1H3. The SMILES string of the molecule is CCN(CCN(c1ccccc1)C1CCCN(Cc2ccccc2)C1)C(=O)c1ccccc1. The highest BCUT2D eigenvalue weighted by atomic mass is 16.2. The molecule has 172 valence electrons. The Hall–Kier alpha value is -3.11. The van der Waals surface area contributed by atoms with E-state index < -0.39 is 0 Å². The van der Waals surface area contributed by atoms with Crippen LogP contribution in [0.5, 0.6) is 0 Å². The largest absolute Gasteiger partial charge is 0.365 e. The van der Waals surface area contributed by atoms with Crippen molar-refractivity contribution in [3.05, 3.63) is 102 Å². The summed E-state index contributed by atoms with van der Waals surface area (Å²) in [6.07, 6.45) is 2.38. The molecule has 0 N–H and O–H groups in total. The second kappa shape index (κ2) is 11.7. The number of hydrogen-bond acceptors (Lipinski definition) is 3. The summed E-state index contributed by atoms with van der Waals surface area (Å²) in [6.45, 7) is 7.50. The third-order valence-electron chi connectivity index (χ3n) is 6.56. The molecule has 1 amide bonds. The molecule has 4 heteroatoms. The van der Waals surface area contributed by atoms with E-state index in [0.29, 0.717) is 19.1 Å². The van der Waals surface area contributed by atoms with E-state index >= 15 is 0 Å². The second-order valence-corrected chi connectivity index (χ2v) is 8.80. The van der Waals surface area contributed by atoms with E-state index in [2.05, 4.69) is 77.4 Å². The number of nitrogens with zero attached hydrogens (tertiary/aromatic N) is 3. The zero-order valence-electron chi connectivity index (χ0n) is 19.6. The van der Waals surface area contributed by atoms with Crippen molar-refractivity contribution in [1.82, 2.24) is 9.80 Å². The molecule has 0 bridgehead atoms. The summed E-state index contributed by atoms with van der Waals surface area (Å²) < 4.78 is 0. The molecule has 33 heavy (non-hydrogen) atoms. The number of likely N-dealkylation sites (N-methyl/N-ethyl adjacent to an activating group) is 1. The third kappa shape index (κ3) is 6.23.